The lowest BCUT2D eigenvalue weighted by Gasteiger charge is -2.06. The summed E-state index contributed by atoms with van der Waals surface area (Å²) >= 11 is 1.69. The highest BCUT2D eigenvalue weighted by Gasteiger charge is 2.02. The summed E-state index contributed by atoms with van der Waals surface area (Å²) in [7, 11) is 0. The Morgan fingerprint density at radius 3 is 2.78 bits per heavy atom. The van der Waals surface area contributed by atoms with E-state index < -0.39 is 0 Å². The molecule has 0 aliphatic carbocycles. The Bertz CT molecular complexity index is 341. The molecule has 1 aromatic rings. The van der Waals surface area contributed by atoms with Crippen LogP contribution in [0.5, 0.6) is 0 Å². The molecule has 4 heteroatoms. The molecular weight excluding hydrogens is 246 g/mol. The lowest BCUT2D eigenvalue weighted by Crippen LogP contribution is -2.25. The summed E-state index contributed by atoms with van der Waals surface area (Å²) in [5.41, 5.74) is 0. The van der Waals surface area contributed by atoms with Crippen LogP contribution in [0.2, 0.25) is 0 Å². The topological polar surface area (TPSA) is 49.3 Å². The van der Waals surface area contributed by atoms with Crippen LogP contribution in [0.15, 0.2) is 35.2 Å². The summed E-state index contributed by atoms with van der Waals surface area (Å²) in [6, 6.07) is 10.1. The number of aliphatic hydroxyl groups is 1. The first-order valence-electron chi connectivity index (χ1n) is 6.31. The van der Waals surface area contributed by atoms with E-state index in [9.17, 15) is 4.79 Å². The lowest BCUT2D eigenvalue weighted by atomic mass is 10.2. The van der Waals surface area contributed by atoms with E-state index in [1.165, 1.54) is 4.90 Å². The number of hydrogen-bond donors (Lipinski definition) is 2. The molecule has 1 rings (SSSR count). The number of amides is 1. The van der Waals surface area contributed by atoms with Crippen molar-refractivity contribution in [2.24, 2.45) is 0 Å². The van der Waals surface area contributed by atoms with Crippen LogP contribution in [0.4, 0.5) is 0 Å². The molecule has 1 atom stereocenters. The first-order valence-corrected chi connectivity index (χ1v) is 7.29. The molecule has 0 saturated heterocycles. The first kappa shape index (κ1) is 15.1. The van der Waals surface area contributed by atoms with Crippen molar-refractivity contribution < 1.29 is 9.90 Å². The van der Waals surface area contributed by atoms with Crippen LogP contribution >= 0.6 is 11.8 Å². The van der Waals surface area contributed by atoms with Gasteiger partial charge in [0.15, 0.2) is 0 Å². The maximum atomic E-state index is 11.5. The number of carbonyl (C=O) groups is 1. The highest BCUT2D eigenvalue weighted by molar-refractivity contribution is 7.99. The second-order valence-electron chi connectivity index (χ2n) is 4.25. The Labute approximate surface area is 113 Å². The number of hydrogen-bond acceptors (Lipinski definition) is 3. The molecule has 2 N–H and O–H groups in total. The van der Waals surface area contributed by atoms with Crippen molar-refractivity contribution >= 4 is 17.7 Å². The number of aliphatic hydroxyl groups excluding tert-OH is 1. The largest absolute Gasteiger partial charge is 0.393 e. The Morgan fingerprint density at radius 1 is 1.39 bits per heavy atom. The van der Waals surface area contributed by atoms with Crippen LogP contribution in [0.25, 0.3) is 0 Å². The average molecular weight is 267 g/mol. The van der Waals surface area contributed by atoms with Gasteiger partial charge < -0.3 is 10.4 Å². The third-order valence-electron chi connectivity index (χ3n) is 2.46. The van der Waals surface area contributed by atoms with Gasteiger partial charge in [-0.1, -0.05) is 18.2 Å². The fourth-order valence-electron chi connectivity index (χ4n) is 1.49. The highest BCUT2D eigenvalue weighted by Crippen LogP contribution is 2.17. The number of thioether (sulfide) groups is 1. The minimum Gasteiger partial charge on any atom is -0.393 e. The molecule has 1 unspecified atom stereocenters. The fraction of sp³-hybridized carbons (Fsp3) is 0.500. The molecule has 0 aliphatic heterocycles. The van der Waals surface area contributed by atoms with E-state index in [-0.39, 0.29) is 12.0 Å². The van der Waals surface area contributed by atoms with E-state index in [0.29, 0.717) is 13.0 Å². The van der Waals surface area contributed by atoms with Crippen LogP contribution in [0.1, 0.15) is 26.2 Å². The molecule has 1 aromatic carbocycles. The lowest BCUT2D eigenvalue weighted by molar-refractivity contribution is -0.120. The number of nitrogens with one attached hydrogen (secondary N) is 1. The second kappa shape index (κ2) is 9.00. The molecule has 0 fully saturated rings. The molecule has 0 heterocycles. The number of carbonyl (C=O) groups excluding carboxylic acids is 1. The van der Waals surface area contributed by atoms with Gasteiger partial charge in [-0.15, -0.1) is 11.8 Å². The van der Waals surface area contributed by atoms with Gasteiger partial charge in [0.25, 0.3) is 0 Å². The SMILES string of the molecule is CC(O)CCCNC(=O)CCSc1ccccc1. The predicted octanol–water partition coefficient (Wildman–Crippen LogP) is 2.45. The van der Waals surface area contributed by atoms with Crippen molar-refractivity contribution in [1.82, 2.24) is 5.32 Å². The Morgan fingerprint density at radius 2 is 2.11 bits per heavy atom. The molecule has 3 nitrogen and oxygen atoms in total. The van der Waals surface area contributed by atoms with Gasteiger partial charge in [-0.2, -0.15) is 0 Å². The number of rotatable bonds is 8. The summed E-state index contributed by atoms with van der Waals surface area (Å²) in [6.45, 7) is 2.41. The van der Waals surface area contributed by atoms with Crippen LogP contribution < -0.4 is 5.32 Å². The van der Waals surface area contributed by atoms with Crippen molar-refractivity contribution in [1.29, 1.82) is 0 Å². The van der Waals surface area contributed by atoms with Crippen molar-refractivity contribution in [3.8, 4) is 0 Å². The summed E-state index contributed by atoms with van der Waals surface area (Å²) in [4.78, 5) is 12.7. The van der Waals surface area contributed by atoms with Gasteiger partial charge in [-0.25, -0.2) is 0 Å². The van der Waals surface area contributed by atoms with Gasteiger partial charge in [0.05, 0.1) is 6.10 Å². The Balaban J connectivity index is 2.03. The highest BCUT2D eigenvalue weighted by atomic mass is 32.2. The Hall–Kier alpha value is -1.00. The van der Waals surface area contributed by atoms with E-state index in [1.54, 1.807) is 18.7 Å². The third-order valence-corrected chi connectivity index (χ3v) is 3.48. The fourth-order valence-corrected chi connectivity index (χ4v) is 2.36. The third kappa shape index (κ3) is 7.35. The van der Waals surface area contributed by atoms with Crippen molar-refractivity contribution in [3.05, 3.63) is 30.3 Å². The molecule has 0 radical (unpaired) electrons. The molecule has 0 aromatic heterocycles. The average Bonchev–Trinajstić information content (AvgIpc) is 2.36. The zero-order valence-electron chi connectivity index (χ0n) is 10.8. The second-order valence-corrected chi connectivity index (χ2v) is 5.42. The molecular formula is C14H21NO2S. The van der Waals surface area contributed by atoms with E-state index in [1.807, 2.05) is 30.3 Å². The smallest absolute Gasteiger partial charge is 0.220 e. The zero-order valence-corrected chi connectivity index (χ0v) is 11.6. The maximum absolute atomic E-state index is 11.5. The summed E-state index contributed by atoms with van der Waals surface area (Å²) in [5, 5.41) is 11.9. The van der Waals surface area contributed by atoms with Gasteiger partial charge in [-0.3, -0.25) is 4.79 Å². The molecule has 0 spiro atoms. The number of benzene rings is 1. The normalized spacial score (nSPS) is 12.1. The summed E-state index contributed by atoms with van der Waals surface area (Å²) in [6.07, 6.45) is 1.82. The van der Waals surface area contributed by atoms with Crippen LogP contribution in [-0.4, -0.2) is 29.4 Å². The van der Waals surface area contributed by atoms with Gasteiger partial charge in [-0.05, 0) is 31.9 Å². The molecule has 18 heavy (non-hydrogen) atoms. The van der Waals surface area contributed by atoms with Gasteiger partial charge in [0.1, 0.15) is 0 Å². The molecule has 100 valence electrons. The summed E-state index contributed by atoms with van der Waals surface area (Å²) < 4.78 is 0. The minimum absolute atomic E-state index is 0.0871. The van der Waals surface area contributed by atoms with E-state index in [4.69, 9.17) is 5.11 Å². The van der Waals surface area contributed by atoms with Crippen molar-refractivity contribution in [3.63, 3.8) is 0 Å². The molecule has 0 bridgehead atoms. The zero-order chi connectivity index (χ0) is 13.2. The van der Waals surface area contributed by atoms with E-state index in [2.05, 4.69) is 5.32 Å². The van der Waals surface area contributed by atoms with Crippen molar-refractivity contribution in [2.75, 3.05) is 12.3 Å². The molecule has 0 aliphatic rings. The molecule has 1 amide bonds. The quantitative estimate of drug-likeness (QED) is 0.562. The van der Waals surface area contributed by atoms with Gasteiger partial charge in [0, 0.05) is 23.6 Å². The standard InChI is InChI=1S/C14H21NO2S/c1-12(16)6-5-10-15-14(17)9-11-18-13-7-3-2-4-8-13/h2-4,7-8,12,16H,5-6,9-11H2,1H3,(H,15,17). The Kier molecular flexibility index (Phi) is 7.53. The monoisotopic (exact) mass is 267 g/mol. The maximum Gasteiger partial charge on any atom is 0.220 e. The van der Waals surface area contributed by atoms with Gasteiger partial charge in [0.2, 0.25) is 5.91 Å². The van der Waals surface area contributed by atoms with Gasteiger partial charge >= 0.3 is 0 Å². The van der Waals surface area contributed by atoms with Crippen molar-refractivity contribution in [2.45, 2.75) is 37.2 Å². The first-order chi connectivity index (χ1) is 8.68. The van der Waals surface area contributed by atoms with Crippen LogP contribution in [0.3, 0.4) is 0 Å². The minimum atomic E-state index is -0.282. The van der Waals surface area contributed by atoms with Crippen LogP contribution in [0, 0.1) is 0 Å². The molecule has 0 saturated carbocycles. The van der Waals surface area contributed by atoms with E-state index in [0.717, 1.165) is 18.6 Å². The summed E-state index contributed by atoms with van der Waals surface area (Å²) in [5.74, 6) is 0.885. The van der Waals surface area contributed by atoms with Crippen LogP contribution in [-0.2, 0) is 4.79 Å². The predicted molar refractivity (Wildman–Crippen MR) is 75.7 cm³/mol. The van der Waals surface area contributed by atoms with E-state index >= 15 is 0 Å².